The van der Waals surface area contributed by atoms with Gasteiger partial charge >= 0.3 is 0 Å². The molecule has 1 aromatic heterocycles. The van der Waals surface area contributed by atoms with Crippen LogP contribution < -0.4 is 10.2 Å². The number of rotatable bonds is 8. The van der Waals surface area contributed by atoms with Gasteiger partial charge in [0.1, 0.15) is 0 Å². The Hall–Kier alpha value is -0.650. The Morgan fingerprint density at radius 2 is 2.10 bits per heavy atom. The second-order valence-corrected chi connectivity index (χ2v) is 7.12. The molecule has 0 bridgehead atoms. The van der Waals surface area contributed by atoms with Gasteiger partial charge in [-0.25, -0.2) is 4.98 Å². The molecule has 0 saturated heterocycles. The SMILES string of the molecule is COCCNCc1sc(N(C)CC2CCCCC2)nc1C. The molecule has 0 atom stereocenters. The van der Waals surface area contributed by atoms with Gasteiger partial charge in [0.05, 0.1) is 12.3 Å². The second kappa shape index (κ2) is 8.71. The molecule has 1 heterocycles. The van der Waals surface area contributed by atoms with E-state index in [1.165, 1.54) is 42.1 Å². The van der Waals surface area contributed by atoms with Crippen molar-refractivity contribution in [1.29, 1.82) is 0 Å². The maximum atomic E-state index is 5.06. The zero-order chi connectivity index (χ0) is 15.1. The zero-order valence-electron chi connectivity index (χ0n) is 13.7. The molecule has 0 radical (unpaired) electrons. The molecule has 4 nitrogen and oxygen atoms in total. The molecule has 1 aromatic rings. The highest BCUT2D eigenvalue weighted by atomic mass is 32.1. The maximum absolute atomic E-state index is 5.06. The minimum absolute atomic E-state index is 0.756. The summed E-state index contributed by atoms with van der Waals surface area (Å²) in [7, 11) is 3.92. The van der Waals surface area contributed by atoms with E-state index in [0.717, 1.165) is 37.9 Å². The van der Waals surface area contributed by atoms with Gasteiger partial charge in [0, 0.05) is 38.7 Å². The number of hydrogen-bond acceptors (Lipinski definition) is 5. The molecule has 120 valence electrons. The number of thiazole rings is 1. The molecule has 1 saturated carbocycles. The molecule has 0 amide bonds. The topological polar surface area (TPSA) is 37.4 Å². The van der Waals surface area contributed by atoms with Crippen molar-refractivity contribution in [2.75, 3.05) is 38.8 Å². The summed E-state index contributed by atoms with van der Waals surface area (Å²) in [6.45, 7) is 5.81. The Morgan fingerprint density at radius 3 is 2.81 bits per heavy atom. The van der Waals surface area contributed by atoms with Gasteiger partial charge in [-0.3, -0.25) is 0 Å². The van der Waals surface area contributed by atoms with Crippen LogP contribution in [0, 0.1) is 12.8 Å². The number of nitrogens with zero attached hydrogens (tertiary/aromatic N) is 2. The maximum Gasteiger partial charge on any atom is 0.185 e. The first kappa shape index (κ1) is 16.7. The van der Waals surface area contributed by atoms with Crippen molar-refractivity contribution in [3.05, 3.63) is 10.6 Å². The number of aromatic nitrogens is 1. The van der Waals surface area contributed by atoms with Crippen molar-refractivity contribution in [2.24, 2.45) is 5.92 Å². The predicted molar refractivity (Wildman–Crippen MR) is 90.3 cm³/mol. The summed E-state index contributed by atoms with van der Waals surface area (Å²) in [6.07, 6.45) is 7.02. The molecule has 0 spiro atoms. The largest absolute Gasteiger partial charge is 0.383 e. The molecule has 1 N–H and O–H groups in total. The van der Waals surface area contributed by atoms with Crippen LogP contribution in [0.5, 0.6) is 0 Å². The lowest BCUT2D eigenvalue weighted by molar-refractivity contribution is 0.199. The van der Waals surface area contributed by atoms with Gasteiger partial charge in [-0.1, -0.05) is 19.3 Å². The summed E-state index contributed by atoms with van der Waals surface area (Å²) in [6, 6.07) is 0. The average Bonchev–Trinajstić information content (AvgIpc) is 2.86. The van der Waals surface area contributed by atoms with Crippen LogP contribution in [0.4, 0.5) is 5.13 Å². The summed E-state index contributed by atoms with van der Waals surface area (Å²) in [4.78, 5) is 8.45. The Bertz CT molecular complexity index is 416. The van der Waals surface area contributed by atoms with E-state index in [-0.39, 0.29) is 0 Å². The molecule has 1 aliphatic carbocycles. The first-order valence-electron chi connectivity index (χ1n) is 8.07. The number of aryl methyl sites for hydroxylation is 1. The summed E-state index contributed by atoms with van der Waals surface area (Å²) in [5.41, 5.74) is 1.16. The third-order valence-electron chi connectivity index (χ3n) is 4.23. The van der Waals surface area contributed by atoms with E-state index in [1.807, 2.05) is 11.3 Å². The van der Waals surface area contributed by atoms with Crippen molar-refractivity contribution in [3.63, 3.8) is 0 Å². The predicted octanol–water partition coefficient (Wildman–Crippen LogP) is 3.20. The number of methoxy groups -OCH3 is 1. The van der Waals surface area contributed by atoms with Crippen LogP contribution in [0.15, 0.2) is 0 Å². The first-order valence-corrected chi connectivity index (χ1v) is 8.89. The highest BCUT2D eigenvalue weighted by molar-refractivity contribution is 7.15. The minimum atomic E-state index is 0.756. The number of nitrogens with one attached hydrogen (secondary N) is 1. The fourth-order valence-corrected chi connectivity index (χ4v) is 3.95. The smallest absolute Gasteiger partial charge is 0.185 e. The minimum Gasteiger partial charge on any atom is -0.383 e. The molecule has 1 fully saturated rings. The van der Waals surface area contributed by atoms with Gasteiger partial charge in [0.25, 0.3) is 0 Å². The zero-order valence-corrected chi connectivity index (χ0v) is 14.5. The molecule has 21 heavy (non-hydrogen) atoms. The lowest BCUT2D eigenvalue weighted by atomic mass is 9.89. The van der Waals surface area contributed by atoms with Gasteiger partial charge in [-0.05, 0) is 25.7 Å². The number of anilines is 1. The Kier molecular flexibility index (Phi) is 6.93. The fraction of sp³-hybridized carbons (Fsp3) is 0.812. The lowest BCUT2D eigenvalue weighted by Crippen LogP contribution is -2.26. The third-order valence-corrected chi connectivity index (χ3v) is 5.50. The highest BCUT2D eigenvalue weighted by Gasteiger charge is 2.18. The van der Waals surface area contributed by atoms with Crippen molar-refractivity contribution in [3.8, 4) is 0 Å². The third kappa shape index (κ3) is 5.24. The molecule has 2 rings (SSSR count). The van der Waals surface area contributed by atoms with Crippen LogP contribution >= 0.6 is 11.3 Å². The van der Waals surface area contributed by atoms with Crippen LogP contribution in [-0.4, -0.2) is 38.8 Å². The van der Waals surface area contributed by atoms with Gasteiger partial charge in [-0.15, -0.1) is 11.3 Å². The summed E-state index contributed by atoms with van der Waals surface area (Å²) in [5.74, 6) is 0.858. The molecule has 0 aromatic carbocycles. The van der Waals surface area contributed by atoms with Crippen LogP contribution in [0.2, 0.25) is 0 Å². The van der Waals surface area contributed by atoms with Gasteiger partial charge < -0.3 is 15.0 Å². The van der Waals surface area contributed by atoms with Crippen molar-refractivity contribution >= 4 is 16.5 Å². The number of hydrogen-bond donors (Lipinski definition) is 1. The van der Waals surface area contributed by atoms with Gasteiger partial charge in [0.15, 0.2) is 5.13 Å². The summed E-state index contributed by atoms with van der Waals surface area (Å²) in [5, 5.41) is 4.57. The normalized spacial score (nSPS) is 16.3. The highest BCUT2D eigenvalue weighted by Crippen LogP contribution is 2.29. The second-order valence-electron chi connectivity index (χ2n) is 6.06. The van der Waals surface area contributed by atoms with Crippen molar-refractivity contribution in [1.82, 2.24) is 10.3 Å². The Morgan fingerprint density at radius 1 is 1.33 bits per heavy atom. The van der Waals surface area contributed by atoms with E-state index in [4.69, 9.17) is 9.72 Å². The van der Waals surface area contributed by atoms with E-state index in [0.29, 0.717) is 0 Å². The van der Waals surface area contributed by atoms with Crippen LogP contribution in [0.1, 0.15) is 42.7 Å². The quantitative estimate of drug-likeness (QED) is 0.748. The molecule has 0 aliphatic heterocycles. The Labute approximate surface area is 132 Å². The summed E-state index contributed by atoms with van der Waals surface area (Å²) >= 11 is 1.83. The molecular formula is C16H29N3OS. The molecular weight excluding hydrogens is 282 g/mol. The lowest BCUT2D eigenvalue weighted by Gasteiger charge is -2.26. The summed E-state index contributed by atoms with van der Waals surface area (Å²) < 4.78 is 5.06. The van der Waals surface area contributed by atoms with E-state index < -0.39 is 0 Å². The van der Waals surface area contributed by atoms with Crippen LogP contribution in [0.25, 0.3) is 0 Å². The van der Waals surface area contributed by atoms with Gasteiger partial charge in [-0.2, -0.15) is 0 Å². The van der Waals surface area contributed by atoms with Crippen LogP contribution in [0.3, 0.4) is 0 Å². The fourth-order valence-electron chi connectivity index (χ4n) is 2.95. The first-order chi connectivity index (χ1) is 10.2. The number of ether oxygens (including phenoxy) is 1. The average molecular weight is 311 g/mol. The van der Waals surface area contributed by atoms with E-state index in [1.54, 1.807) is 7.11 Å². The Balaban J connectivity index is 1.84. The monoisotopic (exact) mass is 311 g/mol. The molecule has 0 unspecified atom stereocenters. The molecule has 1 aliphatic rings. The van der Waals surface area contributed by atoms with E-state index >= 15 is 0 Å². The van der Waals surface area contributed by atoms with Gasteiger partial charge in [0.2, 0.25) is 0 Å². The van der Waals surface area contributed by atoms with E-state index in [9.17, 15) is 0 Å². The van der Waals surface area contributed by atoms with E-state index in [2.05, 4.69) is 24.2 Å². The van der Waals surface area contributed by atoms with Crippen LogP contribution in [-0.2, 0) is 11.3 Å². The van der Waals surface area contributed by atoms with Crippen molar-refractivity contribution in [2.45, 2.75) is 45.6 Å². The standard InChI is InChI=1S/C16H29N3OS/c1-13-15(11-17-9-10-20-3)21-16(18-13)19(2)12-14-7-5-4-6-8-14/h14,17H,4-12H2,1-3H3. The van der Waals surface area contributed by atoms with Crippen molar-refractivity contribution < 1.29 is 4.74 Å². The molecule has 5 heteroatoms.